The molecule has 2 aromatic carbocycles. The lowest BCUT2D eigenvalue weighted by Gasteiger charge is -2.18. The molecule has 6 heteroatoms. The lowest BCUT2D eigenvalue weighted by atomic mass is 10.1. The molecule has 0 fully saturated rings. The molecule has 112 valence electrons. The first-order valence-electron chi connectivity index (χ1n) is 6.71. The molecule has 0 saturated heterocycles. The van der Waals surface area contributed by atoms with Crippen LogP contribution in [0.5, 0.6) is 5.75 Å². The van der Waals surface area contributed by atoms with Gasteiger partial charge in [0.2, 0.25) is 5.91 Å². The van der Waals surface area contributed by atoms with Crippen LogP contribution in [0.25, 0.3) is 0 Å². The number of nitrogens with one attached hydrogen (secondary N) is 2. The number of fused-ring (bicyclic) bond motifs is 1. The van der Waals surface area contributed by atoms with E-state index < -0.39 is 0 Å². The maximum Gasteiger partial charge on any atom is 0.262 e. The SMILES string of the molecule is O=C(Cc1cccc(F)c1)Nc1ccc2c(c1)NC(=O)CO2. The van der Waals surface area contributed by atoms with E-state index in [1.165, 1.54) is 12.1 Å². The van der Waals surface area contributed by atoms with E-state index >= 15 is 0 Å². The molecule has 0 aliphatic carbocycles. The van der Waals surface area contributed by atoms with Gasteiger partial charge in [0.1, 0.15) is 11.6 Å². The molecule has 1 aliphatic heterocycles. The zero-order chi connectivity index (χ0) is 15.5. The summed E-state index contributed by atoms with van der Waals surface area (Å²) in [7, 11) is 0. The topological polar surface area (TPSA) is 67.4 Å². The van der Waals surface area contributed by atoms with Gasteiger partial charge in [-0.3, -0.25) is 9.59 Å². The first-order valence-corrected chi connectivity index (χ1v) is 6.71. The van der Waals surface area contributed by atoms with Gasteiger partial charge >= 0.3 is 0 Å². The number of hydrogen-bond acceptors (Lipinski definition) is 3. The molecule has 0 bridgehead atoms. The Labute approximate surface area is 126 Å². The zero-order valence-corrected chi connectivity index (χ0v) is 11.6. The molecule has 1 aliphatic rings. The van der Waals surface area contributed by atoms with Crippen molar-refractivity contribution in [1.82, 2.24) is 0 Å². The van der Waals surface area contributed by atoms with E-state index in [-0.39, 0.29) is 30.7 Å². The zero-order valence-electron chi connectivity index (χ0n) is 11.6. The lowest BCUT2D eigenvalue weighted by molar-refractivity contribution is -0.118. The third-order valence-corrected chi connectivity index (χ3v) is 3.15. The van der Waals surface area contributed by atoms with Crippen LogP contribution in [0.3, 0.4) is 0 Å². The molecular weight excluding hydrogens is 287 g/mol. The number of carbonyl (C=O) groups excluding carboxylic acids is 2. The summed E-state index contributed by atoms with van der Waals surface area (Å²) in [4.78, 5) is 23.2. The Morgan fingerprint density at radius 1 is 1.27 bits per heavy atom. The van der Waals surface area contributed by atoms with Crippen molar-refractivity contribution >= 4 is 23.2 Å². The number of rotatable bonds is 3. The summed E-state index contributed by atoms with van der Waals surface area (Å²) in [5, 5.41) is 5.37. The van der Waals surface area contributed by atoms with Gasteiger partial charge in [-0.1, -0.05) is 12.1 Å². The fourth-order valence-corrected chi connectivity index (χ4v) is 2.20. The maximum atomic E-state index is 13.1. The van der Waals surface area contributed by atoms with Gasteiger partial charge in [-0.15, -0.1) is 0 Å². The summed E-state index contributed by atoms with van der Waals surface area (Å²) >= 11 is 0. The normalized spacial score (nSPS) is 12.9. The van der Waals surface area contributed by atoms with Crippen molar-refractivity contribution in [1.29, 1.82) is 0 Å². The fraction of sp³-hybridized carbons (Fsp3) is 0.125. The molecule has 2 aromatic rings. The number of anilines is 2. The van der Waals surface area contributed by atoms with Gasteiger partial charge in [-0.2, -0.15) is 0 Å². The van der Waals surface area contributed by atoms with Gasteiger partial charge in [0, 0.05) is 5.69 Å². The number of hydrogen-bond donors (Lipinski definition) is 2. The number of halogens is 1. The minimum absolute atomic E-state index is 0.0156. The van der Waals surface area contributed by atoms with Crippen LogP contribution in [0.4, 0.5) is 15.8 Å². The van der Waals surface area contributed by atoms with Gasteiger partial charge < -0.3 is 15.4 Å². The average Bonchev–Trinajstić information content (AvgIpc) is 2.46. The second kappa shape index (κ2) is 5.85. The van der Waals surface area contributed by atoms with E-state index in [9.17, 15) is 14.0 Å². The highest BCUT2D eigenvalue weighted by atomic mass is 19.1. The number of amides is 2. The average molecular weight is 300 g/mol. The van der Waals surface area contributed by atoms with Crippen LogP contribution in [0.15, 0.2) is 42.5 Å². The summed E-state index contributed by atoms with van der Waals surface area (Å²) in [5.41, 5.74) is 1.64. The van der Waals surface area contributed by atoms with Crippen molar-refractivity contribution in [2.45, 2.75) is 6.42 Å². The van der Waals surface area contributed by atoms with Crippen LogP contribution in [0.1, 0.15) is 5.56 Å². The molecule has 0 atom stereocenters. The smallest absolute Gasteiger partial charge is 0.262 e. The quantitative estimate of drug-likeness (QED) is 0.914. The number of carbonyl (C=O) groups is 2. The predicted molar refractivity (Wildman–Crippen MR) is 79.3 cm³/mol. The molecular formula is C16H13FN2O3. The van der Waals surface area contributed by atoms with Crippen molar-refractivity contribution in [3.63, 3.8) is 0 Å². The molecule has 0 unspecified atom stereocenters. The van der Waals surface area contributed by atoms with Gasteiger partial charge in [-0.05, 0) is 35.9 Å². The van der Waals surface area contributed by atoms with Crippen molar-refractivity contribution in [3.05, 3.63) is 53.8 Å². The first-order chi connectivity index (χ1) is 10.6. The Morgan fingerprint density at radius 3 is 2.95 bits per heavy atom. The van der Waals surface area contributed by atoms with Crippen LogP contribution in [0.2, 0.25) is 0 Å². The second-order valence-electron chi connectivity index (χ2n) is 4.90. The predicted octanol–water partition coefficient (Wildman–Crippen LogP) is 2.34. The molecule has 5 nitrogen and oxygen atoms in total. The van der Waals surface area contributed by atoms with E-state index in [4.69, 9.17) is 4.74 Å². The lowest BCUT2D eigenvalue weighted by Crippen LogP contribution is -2.25. The largest absolute Gasteiger partial charge is 0.482 e. The van der Waals surface area contributed by atoms with Gasteiger partial charge in [-0.25, -0.2) is 4.39 Å². The number of benzene rings is 2. The van der Waals surface area contributed by atoms with Gasteiger partial charge in [0.05, 0.1) is 12.1 Å². The summed E-state index contributed by atoms with van der Waals surface area (Å²) in [6, 6.07) is 10.9. The van der Waals surface area contributed by atoms with Crippen LogP contribution in [-0.2, 0) is 16.0 Å². The van der Waals surface area contributed by atoms with E-state index in [1.54, 1.807) is 30.3 Å². The standard InChI is InChI=1S/C16H13FN2O3/c17-11-3-1-2-10(6-11)7-15(20)18-12-4-5-14-13(8-12)19-16(21)9-22-14/h1-6,8H,7,9H2,(H,18,20)(H,19,21). The third kappa shape index (κ3) is 3.22. The van der Waals surface area contributed by atoms with Crippen molar-refractivity contribution in [2.75, 3.05) is 17.2 Å². The molecule has 22 heavy (non-hydrogen) atoms. The highest BCUT2D eigenvalue weighted by Gasteiger charge is 2.16. The molecule has 0 aromatic heterocycles. The highest BCUT2D eigenvalue weighted by Crippen LogP contribution is 2.30. The second-order valence-corrected chi connectivity index (χ2v) is 4.90. The Bertz CT molecular complexity index is 746. The molecule has 0 saturated carbocycles. The number of ether oxygens (including phenoxy) is 1. The summed E-state index contributed by atoms with van der Waals surface area (Å²) in [5.74, 6) is -0.328. The Balaban J connectivity index is 1.69. The minimum Gasteiger partial charge on any atom is -0.482 e. The van der Waals surface area contributed by atoms with Crippen LogP contribution < -0.4 is 15.4 Å². The molecule has 0 radical (unpaired) electrons. The van der Waals surface area contributed by atoms with Gasteiger partial charge in [0.15, 0.2) is 6.61 Å². The summed E-state index contributed by atoms with van der Waals surface area (Å²) < 4.78 is 18.3. The van der Waals surface area contributed by atoms with E-state index in [1.807, 2.05) is 0 Å². The summed E-state index contributed by atoms with van der Waals surface area (Å²) in [6.45, 7) is -0.0156. The minimum atomic E-state index is -0.376. The highest BCUT2D eigenvalue weighted by molar-refractivity contribution is 5.98. The van der Waals surface area contributed by atoms with Crippen molar-refractivity contribution in [2.24, 2.45) is 0 Å². The van der Waals surface area contributed by atoms with E-state index in [0.29, 0.717) is 22.7 Å². The maximum absolute atomic E-state index is 13.1. The third-order valence-electron chi connectivity index (χ3n) is 3.15. The summed E-state index contributed by atoms with van der Waals surface area (Å²) in [6.07, 6.45) is 0.0672. The van der Waals surface area contributed by atoms with Crippen LogP contribution >= 0.6 is 0 Å². The van der Waals surface area contributed by atoms with Crippen LogP contribution in [-0.4, -0.2) is 18.4 Å². The van der Waals surface area contributed by atoms with Gasteiger partial charge in [0.25, 0.3) is 5.91 Å². The Hall–Kier alpha value is -2.89. The first kappa shape index (κ1) is 14.1. The van der Waals surface area contributed by atoms with E-state index in [2.05, 4.69) is 10.6 Å². The van der Waals surface area contributed by atoms with Crippen molar-refractivity contribution in [3.8, 4) is 5.75 Å². The molecule has 2 N–H and O–H groups in total. The Morgan fingerprint density at radius 2 is 2.14 bits per heavy atom. The van der Waals surface area contributed by atoms with Crippen LogP contribution in [0, 0.1) is 5.82 Å². The van der Waals surface area contributed by atoms with E-state index in [0.717, 1.165) is 0 Å². The Kier molecular flexibility index (Phi) is 3.74. The molecule has 2 amide bonds. The molecule has 1 heterocycles. The molecule has 0 spiro atoms. The fourth-order valence-electron chi connectivity index (χ4n) is 2.20. The monoisotopic (exact) mass is 300 g/mol. The van der Waals surface area contributed by atoms with Crippen molar-refractivity contribution < 1.29 is 18.7 Å². The molecule has 3 rings (SSSR count).